The lowest BCUT2D eigenvalue weighted by molar-refractivity contribution is -0.116. The SMILES string of the molecule is CC1CCc2c(sc(NC(=O)CCc3nc(CSc4nc5ccccc5[nH]4)no3)c2C#N)C1. The molecule has 0 spiro atoms. The zero-order valence-corrected chi connectivity index (χ0v) is 19.7. The van der Waals surface area contributed by atoms with Gasteiger partial charge < -0.3 is 14.8 Å². The van der Waals surface area contributed by atoms with Gasteiger partial charge in [-0.2, -0.15) is 10.2 Å². The van der Waals surface area contributed by atoms with Gasteiger partial charge in [-0.25, -0.2) is 4.98 Å². The number of nitriles is 1. The van der Waals surface area contributed by atoms with Crippen molar-refractivity contribution in [1.82, 2.24) is 20.1 Å². The number of hydrogen-bond donors (Lipinski definition) is 2. The van der Waals surface area contributed by atoms with Crippen LogP contribution in [0.5, 0.6) is 0 Å². The summed E-state index contributed by atoms with van der Waals surface area (Å²) in [6, 6.07) is 10.1. The van der Waals surface area contributed by atoms with E-state index in [0.29, 0.717) is 40.4 Å². The van der Waals surface area contributed by atoms with Gasteiger partial charge in [0.15, 0.2) is 11.0 Å². The highest BCUT2D eigenvalue weighted by molar-refractivity contribution is 7.98. The van der Waals surface area contributed by atoms with Crippen LogP contribution >= 0.6 is 23.1 Å². The Morgan fingerprint density at radius 3 is 3.12 bits per heavy atom. The first-order valence-electron chi connectivity index (χ1n) is 10.8. The number of aromatic amines is 1. The highest BCUT2D eigenvalue weighted by atomic mass is 32.2. The van der Waals surface area contributed by atoms with Crippen molar-refractivity contribution in [3.63, 3.8) is 0 Å². The second kappa shape index (κ2) is 9.37. The molecule has 2 N–H and O–H groups in total. The second-order valence-corrected chi connectivity index (χ2v) is 10.2. The Balaban J connectivity index is 1.15. The number of hydrogen-bond acceptors (Lipinski definition) is 8. The first-order valence-corrected chi connectivity index (χ1v) is 12.6. The van der Waals surface area contributed by atoms with Crippen molar-refractivity contribution in [1.29, 1.82) is 5.26 Å². The number of carbonyl (C=O) groups excluding carboxylic acids is 1. The third kappa shape index (κ3) is 4.79. The maximum Gasteiger partial charge on any atom is 0.227 e. The first-order chi connectivity index (χ1) is 16.1. The van der Waals surface area contributed by atoms with Gasteiger partial charge in [0.1, 0.15) is 11.1 Å². The van der Waals surface area contributed by atoms with Crippen molar-refractivity contribution in [2.24, 2.45) is 5.92 Å². The van der Waals surface area contributed by atoms with Crippen molar-refractivity contribution in [2.75, 3.05) is 5.32 Å². The molecule has 10 heteroatoms. The molecule has 1 atom stereocenters. The maximum absolute atomic E-state index is 12.5. The predicted octanol–water partition coefficient (Wildman–Crippen LogP) is 4.87. The molecular formula is C23H22N6O2S2. The number of nitrogens with one attached hydrogen (secondary N) is 2. The zero-order valence-electron chi connectivity index (χ0n) is 18.1. The van der Waals surface area contributed by atoms with Gasteiger partial charge in [0, 0.05) is 17.7 Å². The zero-order chi connectivity index (χ0) is 22.8. The Labute approximate surface area is 198 Å². The fraction of sp³-hybridized carbons (Fsp3) is 0.348. The van der Waals surface area contributed by atoms with Gasteiger partial charge in [-0.1, -0.05) is 36.0 Å². The van der Waals surface area contributed by atoms with E-state index in [1.165, 1.54) is 28.0 Å². The summed E-state index contributed by atoms with van der Waals surface area (Å²) in [5.74, 6) is 1.95. The van der Waals surface area contributed by atoms with Crippen LogP contribution < -0.4 is 5.32 Å². The number of fused-ring (bicyclic) bond motifs is 2. The molecule has 1 amide bonds. The van der Waals surface area contributed by atoms with Gasteiger partial charge in [0.25, 0.3) is 0 Å². The van der Waals surface area contributed by atoms with E-state index in [4.69, 9.17) is 4.52 Å². The molecule has 0 saturated carbocycles. The van der Waals surface area contributed by atoms with Crippen molar-refractivity contribution in [2.45, 2.75) is 49.9 Å². The third-order valence-corrected chi connectivity index (χ3v) is 7.70. The Morgan fingerprint density at radius 2 is 2.27 bits per heavy atom. The molecule has 0 aliphatic heterocycles. The molecule has 3 aromatic heterocycles. The van der Waals surface area contributed by atoms with Gasteiger partial charge in [-0.3, -0.25) is 4.79 Å². The Bertz CT molecular complexity index is 1320. The maximum atomic E-state index is 12.5. The second-order valence-electron chi connectivity index (χ2n) is 8.17. The smallest absolute Gasteiger partial charge is 0.227 e. The summed E-state index contributed by atoms with van der Waals surface area (Å²) in [5, 5.41) is 18.0. The highest BCUT2D eigenvalue weighted by Crippen LogP contribution is 2.39. The third-order valence-electron chi connectivity index (χ3n) is 5.66. The monoisotopic (exact) mass is 478 g/mol. The number of anilines is 1. The van der Waals surface area contributed by atoms with E-state index >= 15 is 0 Å². The number of aryl methyl sites for hydroxylation is 1. The van der Waals surface area contributed by atoms with Crippen LogP contribution in [0.1, 0.15) is 47.5 Å². The Morgan fingerprint density at radius 1 is 1.39 bits per heavy atom. The topological polar surface area (TPSA) is 120 Å². The van der Waals surface area contributed by atoms with E-state index in [1.807, 2.05) is 24.3 Å². The van der Waals surface area contributed by atoms with Crippen molar-refractivity contribution < 1.29 is 9.32 Å². The molecule has 4 aromatic rings. The molecule has 168 valence electrons. The molecule has 0 saturated heterocycles. The molecule has 5 rings (SSSR count). The van der Waals surface area contributed by atoms with Crippen LogP contribution in [-0.4, -0.2) is 26.0 Å². The van der Waals surface area contributed by atoms with E-state index in [0.717, 1.165) is 41.0 Å². The minimum atomic E-state index is -0.158. The number of rotatable bonds is 7. The lowest BCUT2D eigenvalue weighted by atomic mass is 9.88. The number of imidazole rings is 1. The number of para-hydroxylation sites is 2. The van der Waals surface area contributed by atoms with E-state index in [-0.39, 0.29) is 12.3 Å². The summed E-state index contributed by atoms with van der Waals surface area (Å²) in [6.07, 6.45) is 3.52. The average molecular weight is 479 g/mol. The van der Waals surface area contributed by atoms with Crippen LogP contribution in [0.2, 0.25) is 0 Å². The minimum Gasteiger partial charge on any atom is -0.339 e. The fourth-order valence-electron chi connectivity index (χ4n) is 3.95. The highest BCUT2D eigenvalue weighted by Gasteiger charge is 2.24. The van der Waals surface area contributed by atoms with Gasteiger partial charge in [-0.15, -0.1) is 11.3 Å². The predicted molar refractivity (Wildman–Crippen MR) is 127 cm³/mol. The summed E-state index contributed by atoms with van der Waals surface area (Å²) in [7, 11) is 0. The molecule has 0 fully saturated rings. The number of H-pyrrole nitrogens is 1. The van der Waals surface area contributed by atoms with E-state index in [2.05, 4.69) is 38.4 Å². The van der Waals surface area contributed by atoms with E-state index in [9.17, 15) is 10.1 Å². The molecule has 1 aliphatic rings. The number of nitrogens with zero attached hydrogens (tertiary/aromatic N) is 4. The average Bonchev–Trinajstić information content (AvgIpc) is 3.52. The standard InChI is InChI=1S/C23H22N6O2S2/c1-13-6-7-14-15(11-24)22(33-18(14)10-13)28-20(30)8-9-21-27-19(29-31-21)12-32-23-25-16-4-2-3-5-17(16)26-23/h2-5,13H,6-10,12H2,1H3,(H,25,26)(H,28,30). The van der Waals surface area contributed by atoms with Crippen molar-refractivity contribution in [3.05, 3.63) is 52.0 Å². The Hall–Kier alpha value is -3.16. The molecule has 0 radical (unpaired) electrons. The summed E-state index contributed by atoms with van der Waals surface area (Å²) in [4.78, 5) is 25.9. The summed E-state index contributed by atoms with van der Waals surface area (Å²) < 4.78 is 5.30. The van der Waals surface area contributed by atoms with Crippen LogP contribution in [0.3, 0.4) is 0 Å². The number of aromatic nitrogens is 4. The summed E-state index contributed by atoms with van der Waals surface area (Å²) in [5.41, 5.74) is 3.64. The number of thiophene rings is 1. The van der Waals surface area contributed by atoms with Crippen molar-refractivity contribution in [3.8, 4) is 6.07 Å². The van der Waals surface area contributed by atoms with E-state index < -0.39 is 0 Å². The molecular weight excluding hydrogens is 456 g/mol. The van der Waals surface area contributed by atoms with Crippen LogP contribution in [0.15, 0.2) is 33.9 Å². The number of benzene rings is 1. The molecule has 1 aromatic carbocycles. The largest absolute Gasteiger partial charge is 0.339 e. The van der Waals surface area contributed by atoms with Crippen LogP contribution in [-0.2, 0) is 29.8 Å². The van der Waals surface area contributed by atoms with Gasteiger partial charge >= 0.3 is 0 Å². The molecule has 1 aliphatic carbocycles. The number of carbonyl (C=O) groups is 1. The summed E-state index contributed by atoms with van der Waals surface area (Å²) in [6.45, 7) is 2.22. The van der Waals surface area contributed by atoms with Gasteiger partial charge in [-0.05, 0) is 42.9 Å². The molecule has 1 unspecified atom stereocenters. The van der Waals surface area contributed by atoms with Crippen molar-refractivity contribution >= 4 is 45.0 Å². The van der Waals surface area contributed by atoms with Crippen LogP contribution in [0, 0.1) is 17.2 Å². The lowest BCUT2D eigenvalue weighted by Crippen LogP contribution is -2.12. The number of thioether (sulfide) groups is 1. The van der Waals surface area contributed by atoms with Gasteiger partial charge in [0.2, 0.25) is 11.8 Å². The lowest BCUT2D eigenvalue weighted by Gasteiger charge is -2.17. The Kier molecular flexibility index (Phi) is 6.15. The minimum absolute atomic E-state index is 0.158. The number of amides is 1. The van der Waals surface area contributed by atoms with E-state index in [1.54, 1.807) is 0 Å². The van der Waals surface area contributed by atoms with Crippen LogP contribution in [0.25, 0.3) is 11.0 Å². The molecule has 8 nitrogen and oxygen atoms in total. The molecule has 33 heavy (non-hydrogen) atoms. The molecule has 3 heterocycles. The fourth-order valence-corrected chi connectivity index (χ4v) is 6.05. The van der Waals surface area contributed by atoms with Gasteiger partial charge in [0.05, 0.1) is 22.3 Å². The first kappa shape index (κ1) is 21.7. The molecule has 0 bridgehead atoms. The normalized spacial score (nSPS) is 15.3. The van der Waals surface area contributed by atoms with Crippen LogP contribution in [0.4, 0.5) is 5.00 Å². The summed E-state index contributed by atoms with van der Waals surface area (Å²) >= 11 is 3.03. The quantitative estimate of drug-likeness (QED) is 0.364.